The highest BCUT2D eigenvalue weighted by Crippen LogP contribution is 2.62. The lowest BCUT2D eigenvalue weighted by atomic mass is 9.46. The maximum Gasteiger partial charge on any atom is 0.182 e. The lowest BCUT2D eigenvalue weighted by Crippen LogP contribution is -2.50. The molecule has 0 amide bonds. The van der Waals surface area contributed by atoms with Gasteiger partial charge in [-0.25, -0.2) is 0 Å². The summed E-state index contributed by atoms with van der Waals surface area (Å²) in [5, 5.41) is 0. The molecule has 0 aromatic carbocycles. The summed E-state index contributed by atoms with van der Waals surface area (Å²) >= 11 is 0. The Morgan fingerprint density at radius 2 is 1.91 bits per heavy atom. The molecule has 23 heavy (non-hydrogen) atoms. The standard InChI is InChI=1S/C21H28O2/c1-14-6-5-7-19-20(14,3)11-10-15(2)21(19,4)13-16-12-17(22)8-9-18(16)23/h6,8-9,12,15,19H,5,7,10-11,13H2,1-4H3/t15-,19+,20+,21+/m0/s1. The van der Waals surface area contributed by atoms with Crippen molar-refractivity contribution >= 4 is 11.6 Å². The molecule has 3 rings (SSSR count). The number of fused-ring (bicyclic) bond motifs is 1. The van der Waals surface area contributed by atoms with E-state index in [1.165, 1.54) is 37.0 Å². The Morgan fingerprint density at radius 1 is 1.17 bits per heavy atom. The molecule has 0 radical (unpaired) electrons. The molecule has 2 heteroatoms. The van der Waals surface area contributed by atoms with Crippen LogP contribution in [0.5, 0.6) is 0 Å². The molecule has 0 saturated heterocycles. The minimum Gasteiger partial charge on any atom is -0.290 e. The van der Waals surface area contributed by atoms with Crippen LogP contribution >= 0.6 is 0 Å². The topological polar surface area (TPSA) is 34.1 Å². The van der Waals surface area contributed by atoms with E-state index in [0.717, 1.165) is 12.8 Å². The second-order valence-corrected chi connectivity index (χ2v) is 8.33. The van der Waals surface area contributed by atoms with Gasteiger partial charge in [0.2, 0.25) is 0 Å². The van der Waals surface area contributed by atoms with Gasteiger partial charge in [-0.1, -0.05) is 32.4 Å². The monoisotopic (exact) mass is 312 g/mol. The van der Waals surface area contributed by atoms with Gasteiger partial charge in [0.25, 0.3) is 0 Å². The summed E-state index contributed by atoms with van der Waals surface area (Å²) in [5.41, 5.74) is 2.56. The number of carbonyl (C=O) groups excluding carboxylic acids is 2. The molecule has 4 atom stereocenters. The minimum atomic E-state index is -0.0471. The fourth-order valence-corrected chi connectivity index (χ4v) is 5.31. The lowest BCUT2D eigenvalue weighted by molar-refractivity contribution is -0.115. The largest absolute Gasteiger partial charge is 0.290 e. The Hall–Kier alpha value is -1.44. The van der Waals surface area contributed by atoms with E-state index in [-0.39, 0.29) is 22.4 Å². The van der Waals surface area contributed by atoms with Gasteiger partial charge in [0.1, 0.15) is 0 Å². The first-order valence-corrected chi connectivity index (χ1v) is 8.91. The zero-order valence-electron chi connectivity index (χ0n) is 14.8. The molecule has 1 fully saturated rings. The quantitative estimate of drug-likeness (QED) is 0.541. The van der Waals surface area contributed by atoms with E-state index >= 15 is 0 Å². The summed E-state index contributed by atoms with van der Waals surface area (Å²) in [7, 11) is 0. The predicted octanol–water partition coefficient (Wildman–Crippen LogP) is 4.81. The first-order valence-electron chi connectivity index (χ1n) is 8.91. The van der Waals surface area contributed by atoms with E-state index < -0.39 is 0 Å². The van der Waals surface area contributed by atoms with Crippen LogP contribution in [0.2, 0.25) is 0 Å². The Kier molecular flexibility index (Phi) is 3.98. The highest BCUT2D eigenvalue weighted by atomic mass is 16.1. The van der Waals surface area contributed by atoms with Crippen molar-refractivity contribution < 1.29 is 9.59 Å². The summed E-state index contributed by atoms with van der Waals surface area (Å²) in [4.78, 5) is 24.0. The maximum absolute atomic E-state index is 12.2. The van der Waals surface area contributed by atoms with Crippen molar-refractivity contribution in [3.8, 4) is 0 Å². The molecule has 0 unspecified atom stereocenters. The Morgan fingerprint density at radius 3 is 2.65 bits per heavy atom. The molecule has 0 aliphatic heterocycles. The van der Waals surface area contributed by atoms with Crippen LogP contribution in [0.1, 0.15) is 59.8 Å². The van der Waals surface area contributed by atoms with E-state index in [1.54, 1.807) is 6.08 Å². The predicted molar refractivity (Wildman–Crippen MR) is 92.9 cm³/mol. The molecule has 3 aliphatic carbocycles. The normalized spacial score (nSPS) is 40.5. The molecule has 124 valence electrons. The van der Waals surface area contributed by atoms with E-state index in [4.69, 9.17) is 0 Å². The molecular formula is C21H28O2. The summed E-state index contributed by atoms with van der Waals surface area (Å²) in [6.45, 7) is 9.38. The maximum atomic E-state index is 12.2. The number of ketones is 2. The molecule has 0 heterocycles. The van der Waals surface area contributed by atoms with Gasteiger partial charge in [-0.15, -0.1) is 0 Å². The van der Waals surface area contributed by atoms with Gasteiger partial charge in [0, 0.05) is 5.57 Å². The number of hydrogen-bond acceptors (Lipinski definition) is 2. The first-order chi connectivity index (χ1) is 10.8. The van der Waals surface area contributed by atoms with Crippen molar-refractivity contribution in [2.75, 3.05) is 0 Å². The van der Waals surface area contributed by atoms with Crippen molar-refractivity contribution in [1.82, 2.24) is 0 Å². The minimum absolute atomic E-state index is 0.0216. The highest BCUT2D eigenvalue weighted by molar-refractivity contribution is 6.17. The van der Waals surface area contributed by atoms with Crippen LogP contribution in [0, 0.1) is 22.7 Å². The van der Waals surface area contributed by atoms with Crippen molar-refractivity contribution in [2.24, 2.45) is 22.7 Å². The van der Waals surface area contributed by atoms with Gasteiger partial charge in [-0.05, 0) is 79.9 Å². The van der Waals surface area contributed by atoms with E-state index in [2.05, 4.69) is 33.8 Å². The molecule has 0 spiro atoms. The summed E-state index contributed by atoms with van der Waals surface area (Å²) in [5.74, 6) is 1.13. The van der Waals surface area contributed by atoms with Crippen molar-refractivity contribution in [3.05, 3.63) is 35.5 Å². The molecular weight excluding hydrogens is 284 g/mol. The van der Waals surface area contributed by atoms with E-state index in [1.807, 2.05) is 0 Å². The fraction of sp³-hybridized carbons (Fsp3) is 0.619. The summed E-state index contributed by atoms with van der Waals surface area (Å²) in [6, 6.07) is 0. The Balaban J connectivity index is 1.96. The van der Waals surface area contributed by atoms with Gasteiger partial charge in [-0.2, -0.15) is 0 Å². The van der Waals surface area contributed by atoms with Crippen LogP contribution in [0.25, 0.3) is 0 Å². The van der Waals surface area contributed by atoms with Gasteiger partial charge >= 0.3 is 0 Å². The van der Waals surface area contributed by atoms with Crippen molar-refractivity contribution in [2.45, 2.75) is 59.8 Å². The number of rotatable bonds is 2. The average molecular weight is 312 g/mol. The van der Waals surface area contributed by atoms with Gasteiger partial charge in [-0.3, -0.25) is 9.59 Å². The van der Waals surface area contributed by atoms with Gasteiger partial charge in [0.15, 0.2) is 11.6 Å². The second kappa shape index (κ2) is 5.58. The SMILES string of the molecule is CC1=CCC[C@H]2[C@](C)(CC3=CC(=O)C=CC3=O)[C@@H](C)CC[C@]12C. The van der Waals surface area contributed by atoms with Gasteiger partial charge < -0.3 is 0 Å². The zero-order chi connectivity index (χ0) is 16.8. The first kappa shape index (κ1) is 16.4. The molecule has 2 nitrogen and oxygen atoms in total. The van der Waals surface area contributed by atoms with Gasteiger partial charge in [0.05, 0.1) is 0 Å². The molecule has 0 bridgehead atoms. The molecule has 3 aliphatic rings. The van der Waals surface area contributed by atoms with E-state index in [0.29, 0.717) is 17.4 Å². The highest BCUT2D eigenvalue weighted by Gasteiger charge is 2.53. The van der Waals surface area contributed by atoms with E-state index in [9.17, 15) is 9.59 Å². The molecule has 1 saturated carbocycles. The molecule has 0 N–H and O–H groups in total. The van der Waals surface area contributed by atoms with Crippen LogP contribution in [-0.2, 0) is 9.59 Å². The third kappa shape index (κ3) is 2.56. The summed E-state index contributed by atoms with van der Waals surface area (Å²) < 4.78 is 0. The van der Waals surface area contributed by atoms with Crippen LogP contribution in [0.15, 0.2) is 35.5 Å². The smallest absolute Gasteiger partial charge is 0.182 e. The van der Waals surface area contributed by atoms with Crippen molar-refractivity contribution in [3.63, 3.8) is 0 Å². The van der Waals surface area contributed by atoms with Crippen LogP contribution < -0.4 is 0 Å². The van der Waals surface area contributed by atoms with Crippen LogP contribution in [0.4, 0.5) is 0 Å². The van der Waals surface area contributed by atoms with Crippen molar-refractivity contribution in [1.29, 1.82) is 0 Å². The number of allylic oxidation sites excluding steroid dienone is 6. The third-order valence-corrected chi connectivity index (χ3v) is 7.20. The Labute approximate surface area is 139 Å². The number of carbonyl (C=O) groups is 2. The molecule has 0 aromatic heterocycles. The summed E-state index contributed by atoms with van der Waals surface area (Å²) in [6.07, 6.45) is 12.3. The Bertz CT molecular complexity index is 636. The average Bonchev–Trinajstić information content (AvgIpc) is 2.50. The van der Waals surface area contributed by atoms with Crippen LogP contribution in [0.3, 0.4) is 0 Å². The fourth-order valence-electron chi connectivity index (χ4n) is 5.31. The molecule has 0 aromatic rings. The number of hydrogen-bond donors (Lipinski definition) is 0. The third-order valence-electron chi connectivity index (χ3n) is 7.20. The zero-order valence-corrected chi connectivity index (χ0v) is 14.8. The van der Waals surface area contributed by atoms with Crippen LogP contribution in [-0.4, -0.2) is 11.6 Å². The lowest BCUT2D eigenvalue weighted by Gasteiger charge is -2.58. The second-order valence-electron chi connectivity index (χ2n) is 8.33.